The molecule has 0 radical (unpaired) electrons. The van der Waals surface area contributed by atoms with Crippen molar-refractivity contribution in [1.29, 1.82) is 0 Å². The molecule has 0 aliphatic rings. The number of carbonyl (C=O) groups is 4. The lowest BCUT2D eigenvalue weighted by molar-refractivity contribution is -0.116. The van der Waals surface area contributed by atoms with Crippen molar-refractivity contribution < 1.29 is 33.8 Å². The summed E-state index contributed by atoms with van der Waals surface area (Å²) in [6, 6.07) is 25.5. The maximum absolute atomic E-state index is 13.2. The molecular formula is C40H32Br2FN3O6S2. The molecule has 0 aliphatic carbocycles. The van der Waals surface area contributed by atoms with E-state index >= 15 is 0 Å². The van der Waals surface area contributed by atoms with Crippen molar-refractivity contribution >= 4 is 94.1 Å². The second kappa shape index (κ2) is 18.3. The van der Waals surface area contributed by atoms with Crippen LogP contribution in [0.5, 0.6) is 0 Å². The van der Waals surface area contributed by atoms with E-state index in [9.17, 15) is 33.8 Å². The van der Waals surface area contributed by atoms with Crippen LogP contribution < -0.4 is 16.0 Å². The van der Waals surface area contributed by atoms with Gasteiger partial charge in [0.25, 0.3) is 0 Å². The molecule has 14 heteroatoms. The molecule has 0 saturated carbocycles. The number of hydrogen-bond donors (Lipinski definition) is 5. The maximum Gasteiger partial charge on any atom is 0.339 e. The summed E-state index contributed by atoms with van der Waals surface area (Å²) >= 11 is 9.06. The summed E-state index contributed by atoms with van der Waals surface area (Å²) in [4.78, 5) is 48.1. The van der Waals surface area contributed by atoms with Gasteiger partial charge in [0.05, 0.1) is 0 Å². The highest BCUT2D eigenvalue weighted by Gasteiger charge is 2.22. The van der Waals surface area contributed by atoms with Crippen molar-refractivity contribution in [2.45, 2.75) is 26.7 Å². The Hall–Kier alpha value is -5.15. The van der Waals surface area contributed by atoms with Crippen LogP contribution in [0.25, 0.3) is 22.3 Å². The Morgan fingerprint density at radius 1 is 0.667 bits per heavy atom. The first kappa shape index (κ1) is 40.0. The van der Waals surface area contributed by atoms with Gasteiger partial charge in [-0.15, -0.1) is 22.7 Å². The minimum absolute atomic E-state index is 0.00622. The van der Waals surface area contributed by atoms with Gasteiger partial charge in [0, 0.05) is 42.9 Å². The van der Waals surface area contributed by atoms with E-state index < -0.39 is 23.8 Å². The number of halogens is 3. The van der Waals surface area contributed by atoms with Gasteiger partial charge in [-0.1, -0.05) is 80.4 Å². The first-order valence-corrected chi connectivity index (χ1v) is 19.5. The summed E-state index contributed by atoms with van der Waals surface area (Å²) in [5.41, 5.74) is 6.53. The minimum Gasteiger partial charge on any atom is -0.478 e. The van der Waals surface area contributed by atoms with Crippen molar-refractivity contribution in [2.75, 3.05) is 16.0 Å². The smallest absolute Gasteiger partial charge is 0.339 e. The number of aromatic carboxylic acids is 2. The number of urea groups is 1. The first-order valence-electron chi connectivity index (χ1n) is 16.2. The number of rotatable bonds is 10. The highest BCUT2D eigenvalue weighted by molar-refractivity contribution is 9.10. The number of amides is 3. The average molecular weight is 894 g/mol. The van der Waals surface area contributed by atoms with Crippen molar-refractivity contribution in [1.82, 2.24) is 0 Å². The lowest BCUT2D eigenvalue weighted by Crippen LogP contribution is -2.20. The SMILES string of the molecule is Cc1cccc(C)c1CCC(=O)Nc1scc(-c2ccc(Br)cc2)c1C(=O)O.O=C(Nc1cccc(F)c1)Nc1scc(-c2ccc(Br)cc2)c1C(=O)O. The van der Waals surface area contributed by atoms with Crippen molar-refractivity contribution in [3.8, 4) is 22.3 Å². The zero-order chi connectivity index (χ0) is 38.9. The normalized spacial score (nSPS) is 10.5. The van der Waals surface area contributed by atoms with E-state index in [1.54, 1.807) is 22.9 Å². The zero-order valence-electron chi connectivity index (χ0n) is 28.7. The lowest BCUT2D eigenvalue weighted by Gasteiger charge is -2.10. The van der Waals surface area contributed by atoms with Gasteiger partial charge in [-0.25, -0.2) is 18.8 Å². The van der Waals surface area contributed by atoms with E-state index in [4.69, 9.17) is 0 Å². The third-order valence-electron chi connectivity index (χ3n) is 8.13. The fraction of sp³-hybridized carbons (Fsp3) is 0.100. The average Bonchev–Trinajstić information content (AvgIpc) is 3.73. The summed E-state index contributed by atoms with van der Waals surface area (Å²) in [5.74, 6) is -2.87. The van der Waals surface area contributed by atoms with Gasteiger partial charge >= 0.3 is 18.0 Å². The standard InChI is InChI=1S/C22H20BrNO3S.C18H12BrFN2O3S/c1-13-4-3-5-14(2)17(13)10-11-19(25)24-21-20(22(26)27)18(12-28-21)15-6-8-16(23)9-7-15;19-11-6-4-10(5-7-11)14-9-26-16(15(14)17(23)24)22-18(25)21-13-3-1-2-12(20)8-13/h3-9,12H,10-11H2,1-2H3,(H,24,25)(H,26,27);1-9H,(H,23,24)(H2,21,22,25). The molecule has 3 amide bonds. The molecule has 0 atom stereocenters. The van der Waals surface area contributed by atoms with Crippen LogP contribution in [0.2, 0.25) is 0 Å². The molecule has 6 rings (SSSR count). The molecule has 276 valence electrons. The predicted octanol–water partition coefficient (Wildman–Crippen LogP) is 11.7. The second-order valence-electron chi connectivity index (χ2n) is 11.8. The monoisotopic (exact) mass is 891 g/mol. The van der Waals surface area contributed by atoms with Crippen molar-refractivity contribution in [3.63, 3.8) is 0 Å². The van der Waals surface area contributed by atoms with E-state index in [0.717, 1.165) is 48.1 Å². The van der Waals surface area contributed by atoms with Crippen LogP contribution in [0.4, 0.5) is 24.9 Å². The number of carboxylic acids is 2. The van der Waals surface area contributed by atoms with E-state index in [2.05, 4.69) is 47.8 Å². The quantitative estimate of drug-likeness (QED) is 0.0926. The Morgan fingerprint density at radius 2 is 1.15 bits per heavy atom. The van der Waals surface area contributed by atoms with Gasteiger partial charge < -0.3 is 20.8 Å². The molecule has 0 fully saturated rings. The lowest BCUT2D eigenvalue weighted by atomic mass is 9.98. The van der Waals surface area contributed by atoms with Gasteiger partial charge in [0.1, 0.15) is 26.9 Å². The fourth-order valence-corrected chi connectivity index (χ4v) is 7.97. The van der Waals surface area contributed by atoms with Crippen LogP contribution in [0, 0.1) is 19.7 Å². The largest absolute Gasteiger partial charge is 0.478 e. The molecule has 5 N–H and O–H groups in total. The summed E-state index contributed by atoms with van der Waals surface area (Å²) in [7, 11) is 0. The van der Waals surface area contributed by atoms with Gasteiger partial charge in [0.15, 0.2) is 0 Å². The Bertz CT molecular complexity index is 2310. The van der Waals surface area contributed by atoms with Crippen LogP contribution in [0.15, 0.2) is 111 Å². The summed E-state index contributed by atoms with van der Waals surface area (Å²) in [6.45, 7) is 4.07. The molecule has 2 heterocycles. The molecule has 0 aliphatic heterocycles. The number of carbonyl (C=O) groups excluding carboxylic acids is 2. The number of hydrogen-bond acceptors (Lipinski definition) is 6. The number of nitrogens with one attached hydrogen (secondary N) is 3. The first-order chi connectivity index (χ1) is 25.8. The predicted molar refractivity (Wildman–Crippen MR) is 221 cm³/mol. The van der Waals surface area contributed by atoms with Crippen molar-refractivity contribution in [2.24, 2.45) is 0 Å². The number of thiophene rings is 2. The van der Waals surface area contributed by atoms with E-state index in [0.29, 0.717) is 29.0 Å². The van der Waals surface area contributed by atoms with Gasteiger partial charge in [-0.3, -0.25) is 10.1 Å². The third-order valence-corrected chi connectivity index (χ3v) is 11.0. The van der Waals surface area contributed by atoms with Crippen molar-refractivity contribution in [3.05, 3.63) is 144 Å². The molecule has 0 bridgehead atoms. The van der Waals surface area contributed by atoms with Gasteiger partial charge in [-0.05, 0) is 90.6 Å². The van der Waals surface area contributed by atoms with Crippen LogP contribution in [0.3, 0.4) is 0 Å². The van der Waals surface area contributed by atoms with Gasteiger partial charge in [-0.2, -0.15) is 0 Å². The number of benzene rings is 4. The molecule has 4 aromatic carbocycles. The molecule has 0 saturated heterocycles. The van der Waals surface area contributed by atoms with E-state index in [1.165, 1.54) is 35.6 Å². The Labute approximate surface area is 335 Å². The molecule has 9 nitrogen and oxygen atoms in total. The Kier molecular flexibility index (Phi) is 13.5. The van der Waals surface area contributed by atoms with Crippen LogP contribution in [-0.2, 0) is 11.2 Å². The molecular weight excluding hydrogens is 861 g/mol. The molecule has 0 spiro atoms. The summed E-state index contributed by atoms with van der Waals surface area (Å²) in [6.07, 6.45) is 0.925. The molecule has 54 heavy (non-hydrogen) atoms. The number of anilines is 3. The van der Waals surface area contributed by atoms with E-state index in [1.807, 2.05) is 68.4 Å². The molecule has 6 aromatic rings. The molecule has 0 unspecified atom stereocenters. The molecule has 2 aromatic heterocycles. The highest BCUT2D eigenvalue weighted by atomic mass is 79.9. The van der Waals surface area contributed by atoms with E-state index in [-0.39, 0.29) is 27.7 Å². The summed E-state index contributed by atoms with van der Waals surface area (Å²) < 4.78 is 15.0. The van der Waals surface area contributed by atoms with Crippen LogP contribution in [-0.4, -0.2) is 34.1 Å². The topological polar surface area (TPSA) is 145 Å². The summed E-state index contributed by atoms with van der Waals surface area (Å²) in [5, 5.41) is 31.1. The second-order valence-corrected chi connectivity index (χ2v) is 15.4. The third kappa shape index (κ3) is 10.3. The fourth-order valence-electron chi connectivity index (χ4n) is 5.51. The van der Waals surface area contributed by atoms with Crippen LogP contribution >= 0.6 is 54.5 Å². The maximum atomic E-state index is 13.2. The minimum atomic E-state index is -1.15. The Balaban J connectivity index is 0.000000208. The number of carboxylic acid groups (broad SMARTS) is 2. The van der Waals surface area contributed by atoms with Gasteiger partial charge in [0.2, 0.25) is 5.91 Å². The highest BCUT2D eigenvalue weighted by Crippen LogP contribution is 2.37. The number of aryl methyl sites for hydroxylation is 2. The Morgan fingerprint density at radius 3 is 1.63 bits per heavy atom. The van der Waals surface area contributed by atoms with Crippen LogP contribution in [0.1, 0.15) is 43.8 Å². The zero-order valence-corrected chi connectivity index (χ0v) is 33.5.